The molecule has 1 N–H and O–H groups in total. The average molecular weight is 316 g/mol. The van der Waals surface area contributed by atoms with Gasteiger partial charge < -0.3 is 10.2 Å². The molecule has 23 heavy (non-hydrogen) atoms. The van der Waals surface area contributed by atoms with Crippen LogP contribution < -0.4 is 5.32 Å². The minimum atomic E-state index is -0.280. The molecule has 1 aliphatic heterocycles. The van der Waals surface area contributed by atoms with Crippen molar-refractivity contribution >= 4 is 5.91 Å². The maximum atomic E-state index is 12.9. The molecule has 0 spiro atoms. The Hall–Kier alpha value is -2.21. The van der Waals surface area contributed by atoms with Crippen LogP contribution >= 0.6 is 0 Å². The van der Waals surface area contributed by atoms with Gasteiger partial charge >= 0.3 is 0 Å². The molecule has 1 amide bonds. The molecule has 1 saturated heterocycles. The molecule has 0 saturated carbocycles. The van der Waals surface area contributed by atoms with E-state index in [0.29, 0.717) is 5.69 Å². The first kappa shape index (κ1) is 15.7. The van der Waals surface area contributed by atoms with Gasteiger partial charge in [0.15, 0.2) is 0 Å². The molecule has 1 fully saturated rings. The molecule has 1 atom stereocenters. The number of halogens is 1. The zero-order valence-electron chi connectivity index (χ0n) is 13.2. The summed E-state index contributed by atoms with van der Waals surface area (Å²) in [5, 5.41) is 7.46. The number of rotatable bonds is 4. The highest BCUT2D eigenvalue weighted by Crippen LogP contribution is 2.10. The van der Waals surface area contributed by atoms with Crippen LogP contribution in [0, 0.1) is 5.82 Å². The van der Waals surface area contributed by atoms with Gasteiger partial charge in [-0.1, -0.05) is 0 Å². The van der Waals surface area contributed by atoms with E-state index in [1.807, 2.05) is 6.07 Å². The number of aromatic nitrogens is 2. The summed E-state index contributed by atoms with van der Waals surface area (Å²) in [6.45, 7) is 1.99. The summed E-state index contributed by atoms with van der Waals surface area (Å²) < 4.78 is 14.6. The Labute approximate surface area is 135 Å². The highest BCUT2D eigenvalue weighted by atomic mass is 19.1. The minimum absolute atomic E-state index is 0.00495. The second-order valence-electron chi connectivity index (χ2n) is 6.07. The average Bonchev–Trinajstić information content (AvgIpc) is 2.96. The van der Waals surface area contributed by atoms with Crippen LogP contribution in [0.4, 0.5) is 4.39 Å². The van der Waals surface area contributed by atoms with Gasteiger partial charge in [0.25, 0.3) is 0 Å². The lowest BCUT2D eigenvalue weighted by molar-refractivity contribution is -0.121. The third kappa shape index (κ3) is 4.16. The number of likely N-dealkylation sites (tertiary alicyclic amines) is 1. The highest BCUT2D eigenvalue weighted by Gasteiger charge is 2.19. The first-order valence-electron chi connectivity index (χ1n) is 7.88. The van der Waals surface area contributed by atoms with E-state index in [4.69, 9.17) is 0 Å². The molecule has 1 aromatic heterocycles. The van der Waals surface area contributed by atoms with Gasteiger partial charge in [-0.15, -0.1) is 0 Å². The lowest BCUT2D eigenvalue weighted by Crippen LogP contribution is -2.46. The summed E-state index contributed by atoms with van der Waals surface area (Å²) in [6.07, 6.45) is 4.18. The van der Waals surface area contributed by atoms with Crippen molar-refractivity contribution in [1.82, 2.24) is 20.0 Å². The Morgan fingerprint density at radius 2 is 2.13 bits per heavy atom. The summed E-state index contributed by atoms with van der Waals surface area (Å²) in [5.41, 5.74) is 1.47. The standard InChI is InChI=1S/C17H21FN4O/c1-21-9-2-3-15(12-21)19-17(23)11-14-8-10-22(20-14)16-6-4-13(18)5-7-16/h4-8,10,15H,2-3,9,11-12H2,1H3,(H,19,23)/t15-/m1/s1. The summed E-state index contributed by atoms with van der Waals surface area (Å²) in [4.78, 5) is 14.4. The number of piperidine rings is 1. The van der Waals surface area contributed by atoms with Crippen molar-refractivity contribution in [1.29, 1.82) is 0 Å². The van der Waals surface area contributed by atoms with Crippen LogP contribution in [0.5, 0.6) is 0 Å². The van der Waals surface area contributed by atoms with Crippen molar-refractivity contribution in [2.75, 3.05) is 20.1 Å². The van der Waals surface area contributed by atoms with Crippen LogP contribution in [0.25, 0.3) is 5.69 Å². The van der Waals surface area contributed by atoms with Crippen LogP contribution in [0.1, 0.15) is 18.5 Å². The largest absolute Gasteiger partial charge is 0.352 e. The maximum Gasteiger partial charge on any atom is 0.226 e. The predicted octanol–water partition coefficient (Wildman–Crippen LogP) is 1.76. The smallest absolute Gasteiger partial charge is 0.226 e. The van der Waals surface area contributed by atoms with Gasteiger partial charge in [-0.3, -0.25) is 4.79 Å². The second kappa shape index (κ2) is 6.91. The van der Waals surface area contributed by atoms with E-state index in [9.17, 15) is 9.18 Å². The number of hydrogen-bond donors (Lipinski definition) is 1. The molecule has 2 aromatic rings. The Kier molecular flexibility index (Phi) is 4.71. The maximum absolute atomic E-state index is 12.9. The Morgan fingerprint density at radius 3 is 2.87 bits per heavy atom. The van der Waals surface area contributed by atoms with Gasteiger partial charge in [-0.2, -0.15) is 5.10 Å². The quantitative estimate of drug-likeness (QED) is 0.935. The normalized spacial score (nSPS) is 18.8. The van der Waals surface area contributed by atoms with Gasteiger partial charge in [0.05, 0.1) is 17.8 Å². The predicted molar refractivity (Wildman–Crippen MR) is 85.9 cm³/mol. The van der Waals surface area contributed by atoms with E-state index in [1.165, 1.54) is 12.1 Å². The fourth-order valence-corrected chi connectivity index (χ4v) is 2.92. The molecular weight excluding hydrogens is 295 g/mol. The number of carbonyl (C=O) groups is 1. The lowest BCUT2D eigenvalue weighted by atomic mass is 10.1. The van der Waals surface area contributed by atoms with Crippen molar-refractivity contribution in [3.05, 3.63) is 48.0 Å². The molecule has 0 radical (unpaired) electrons. The molecule has 0 unspecified atom stereocenters. The first-order valence-corrected chi connectivity index (χ1v) is 7.88. The highest BCUT2D eigenvalue weighted by molar-refractivity contribution is 5.78. The molecule has 122 valence electrons. The fourth-order valence-electron chi connectivity index (χ4n) is 2.92. The second-order valence-corrected chi connectivity index (χ2v) is 6.07. The Morgan fingerprint density at radius 1 is 1.35 bits per heavy atom. The van der Waals surface area contributed by atoms with Crippen molar-refractivity contribution < 1.29 is 9.18 Å². The molecule has 0 bridgehead atoms. The summed E-state index contributed by atoms with van der Waals surface area (Å²) in [6, 6.07) is 8.14. The SMILES string of the molecule is CN1CCC[C@@H](NC(=O)Cc2ccn(-c3ccc(F)cc3)n2)C1. The van der Waals surface area contributed by atoms with Crippen molar-refractivity contribution in [2.24, 2.45) is 0 Å². The number of likely N-dealkylation sites (N-methyl/N-ethyl adjacent to an activating group) is 1. The van der Waals surface area contributed by atoms with Crippen LogP contribution in [0.3, 0.4) is 0 Å². The molecule has 1 aliphatic rings. The number of hydrogen-bond acceptors (Lipinski definition) is 3. The third-order valence-corrected chi connectivity index (χ3v) is 4.07. The monoisotopic (exact) mass is 316 g/mol. The first-order chi connectivity index (χ1) is 11.1. The van der Waals surface area contributed by atoms with E-state index >= 15 is 0 Å². The molecule has 1 aromatic carbocycles. The van der Waals surface area contributed by atoms with Crippen LogP contribution in [-0.4, -0.2) is 46.8 Å². The molecule has 3 rings (SSSR count). The van der Waals surface area contributed by atoms with Gasteiger partial charge in [0.1, 0.15) is 5.82 Å². The zero-order valence-corrected chi connectivity index (χ0v) is 13.2. The van der Waals surface area contributed by atoms with E-state index in [2.05, 4.69) is 22.4 Å². The summed E-state index contributed by atoms with van der Waals surface area (Å²) in [5.74, 6) is -0.285. The zero-order chi connectivity index (χ0) is 16.2. The Balaban J connectivity index is 1.58. The van der Waals surface area contributed by atoms with Crippen molar-refractivity contribution in [3.63, 3.8) is 0 Å². The van der Waals surface area contributed by atoms with Gasteiger partial charge in [-0.25, -0.2) is 9.07 Å². The van der Waals surface area contributed by atoms with Crippen LogP contribution in [-0.2, 0) is 11.2 Å². The number of nitrogens with one attached hydrogen (secondary N) is 1. The number of benzene rings is 1. The van der Waals surface area contributed by atoms with Crippen LogP contribution in [0.2, 0.25) is 0 Å². The summed E-state index contributed by atoms with van der Waals surface area (Å²) >= 11 is 0. The van der Waals surface area contributed by atoms with E-state index < -0.39 is 0 Å². The molecular formula is C17H21FN4O. The van der Waals surface area contributed by atoms with Gasteiger partial charge in [-0.05, 0) is 56.8 Å². The third-order valence-electron chi connectivity index (χ3n) is 4.07. The van der Waals surface area contributed by atoms with E-state index in [1.54, 1.807) is 23.0 Å². The minimum Gasteiger partial charge on any atom is -0.352 e. The van der Waals surface area contributed by atoms with Crippen molar-refractivity contribution in [2.45, 2.75) is 25.3 Å². The molecule has 0 aliphatic carbocycles. The molecule has 5 nitrogen and oxygen atoms in total. The van der Waals surface area contributed by atoms with Crippen molar-refractivity contribution in [3.8, 4) is 5.69 Å². The lowest BCUT2D eigenvalue weighted by Gasteiger charge is -2.30. The number of amides is 1. The summed E-state index contributed by atoms with van der Waals surface area (Å²) in [7, 11) is 2.07. The fraction of sp³-hybridized carbons (Fsp3) is 0.412. The number of carbonyl (C=O) groups excluding carboxylic acids is 1. The van der Waals surface area contributed by atoms with E-state index in [-0.39, 0.29) is 24.2 Å². The molecule has 2 heterocycles. The topological polar surface area (TPSA) is 50.2 Å². The van der Waals surface area contributed by atoms with Gasteiger partial charge in [0.2, 0.25) is 5.91 Å². The van der Waals surface area contributed by atoms with E-state index in [0.717, 1.165) is 31.6 Å². The number of nitrogens with zero attached hydrogens (tertiary/aromatic N) is 3. The van der Waals surface area contributed by atoms with Crippen LogP contribution in [0.15, 0.2) is 36.5 Å². The molecule has 6 heteroatoms. The van der Waals surface area contributed by atoms with Gasteiger partial charge in [0, 0.05) is 18.8 Å². The Bertz CT molecular complexity index is 667.